The van der Waals surface area contributed by atoms with Gasteiger partial charge < -0.3 is 4.74 Å². The van der Waals surface area contributed by atoms with Crippen LogP contribution in [0.5, 0.6) is 0 Å². The average Bonchev–Trinajstić information content (AvgIpc) is 3.03. The van der Waals surface area contributed by atoms with Crippen LogP contribution in [0.2, 0.25) is 0 Å². The molecule has 1 aliphatic carbocycles. The van der Waals surface area contributed by atoms with Gasteiger partial charge >= 0.3 is 5.97 Å². The number of carbonyl (C=O) groups excluding carboxylic acids is 1. The summed E-state index contributed by atoms with van der Waals surface area (Å²) >= 11 is 1.41. The van der Waals surface area contributed by atoms with E-state index in [0.29, 0.717) is 12.5 Å². The third-order valence-electron chi connectivity index (χ3n) is 3.38. The third kappa shape index (κ3) is 2.47. The summed E-state index contributed by atoms with van der Waals surface area (Å²) in [5.41, 5.74) is 0. The van der Waals surface area contributed by atoms with Gasteiger partial charge in [-0.05, 0) is 19.8 Å². The molecule has 0 aromatic carbocycles. The molecule has 19 heavy (non-hydrogen) atoms. The first-order valence-electron chi connectivity index (χ1n) is 6.64. The SMILES string of the molecule is CCOC(=O)Cc1nn2c(C3CCCC3)nnc2s1. The maximum atomic E-state index is 11.5. The molecule has 2 heterocycles. The van der Waals surface area contributed by atoms with Crippen LogP contribution in [-0.2, 0) is 16.0 Å². The number of rotatable bonds is 4. The summed E-state index contributed by atoms with van der Waals surface area (Å²) in [4.78, 5) is 12.2. The molecule has 7 heteroatoms. The van der Waals surface area contributed by atoms with Gasteiger partial charge in [-0.25, -0.2) is 0 Å². The molecule has 0 radical (unpaired) electrons. The van der Waals surface area contributed by atoms with Gasteiger partial charge in [0.05, 0.1) is 13.0 Å². The van der Waals surface area contributed by atoms with Crippen molar-refractivity contribution in [3.8, 4) is 0 Å². The van der Waals surface area contributed by atoms with Crippen molar-refractivity contribution in [1.29, 1.82) is 0 Å². The Balaban J connectivity index is 1.83. The minimum absolute atomic E-state index is 0.214. The zero-order valence-electron chi connectivity index (χ0n) is 10.8. The molecule has 1 aliphatic rings. The molecule has 0 aliphatic heterocycles. The van der Waals surface area contributed by atoms with E-state index in [0.717, 1.165) is 28.6 Å². The van der Waals surface area contributed by atoms with Gasteiger partial charge in [0.1, 0.15) is 5.01 Å². The van der Waals surface area contributed by atoms with Crippen molar-refractivity contribution in [1.82, 2.24) is 19.8 Å². The van der Waals surface area contributed by atoms with Crippen LogP contribution < -0.4 is 0 Å². The Morgan fingerprint density at radius 2 is 2.21 bits per heavy atom. The molecule has 102 valence electrons. The summed E-state index contributed by atoms with van der Waals surface area (Å²) in [6.45, 7) is 2.20. The van der Waals surface area contributed by atoms with Crippen molar-refractivity contribution >= 4 is 22.3 Å². The predicted molar refractivity (Wildman–Crippen MR) is 70.2 cm³/mol. The van der Waals surface area contributed by atoms with E-state index in [2.05, 4.69) is 15.3 Å². The summed E-state index contributed by atoms with van der Waals surface area (Å²) in [7, 11) is 0. The molecule has 1 saturated carbocycles. The summed E-state index contributed by atoms with van der Waals surface area (Å²) < 4.78 is 6.73. The van der Waals surface area contributed by atoms with Crippen LogP contribution in [0.25, 0.3) is 4.96 Å². The van der Waals surface area contributed by atoms with Crippen LogP contribution in [0.3, 0.4) is 0 Å². The van der Waals surface area contributed by atoms with Crippen LogP contribution >= 0.6 is 11.3 Å². The Morgan fingerprint density at radius 1 is 1.42 bits per heavy atom. The Kier molecular flexibility index (Phi) is 3.46. The van der Waals surface area contributed by atoms with E-state index < -0.39 is 0 Å². The number of hydrogen-bond donors (Lipinski definition) is 0. The lowest BCUT2D eigenvalue weighted by Crippen LogP contribution is -2.08. The fourth-order valence-corrected chi connectivity index (χ4v) is 3.34. The Morgan fingerprint density at radius 3 is 2.95 bits per heavy atom. The van der Waals surface area contributed by atoms with Gasteiger partial charge in [-0.3, -0.25) is 4.79 Å². The van der Waals surface area contributed by atoms with Crippen LogP contribution in [-0.4, -0.2) is 32.4 Å². The topological polar surface area (TPSA) is 69.4 Å². The molecule has 2 aromatic rings. The molecule has 0 amide bonds. The van der Waals surface area contributed by atoms with Gasteiger partial charge in [0.15, 0.2) is 5.82 Å². The molecule has 0 saturated heterocycles. The monoisotopic (exact) mass is 280 g/mol. The molecule has 3 rings (SSSR count). The number of nitrogens with zero attached hydrogens (tertiary/aromatic N) is 4. The van der Waals surface area contributed by atoms with E-state index in [-0.39, 0.29) is 12.4 Å². The average molecular weight is 280 g/mol. The first-order valence-corrected chi connectivity index (χ1v) is 7.46. The highest BCUT2D eigenvalue weighted by molar-refractivity contribution is 7.16. The van der Waals surface area contributed by atoms with Gasteiger partial charge in [0.2, 0.25) is 4.96 Å². The van der Waals surface area contributed by atoms with Gasteiger partial charge in [0, 0.05) is 5.92 Å². The Hall–Kier alpha value is -1.50. The van der Waals surface area contributed by atoms with E-state index in [9.17, 15) is 4.79 Å². The summed E-state index contributed by atoms with van der Waals surface area (Å²) in [6.07, 6.45) is 5.03. The van der Waals surface area contributed by atoms with Gasteiger partial charge in [-0.1, -0.05) is 24.2 Å². The summed E-state index contributed by atoms with van der Waals surface area (Å²) in [5, 5.41) is 13.6. The van der Waals surface area contributed by atoms with Gasteiger partial charge in [0.25, 0.3) is 0 Å². The van der Waals surface area contributed by atoms with Crippen molar-refractivity contribution in [3.63, 3.8) is 0 Å². The van der Waals surface area contributed by atoms with E-state index in [1.165, 1.54) is 24.2 Å². The van der Waals surface area contributed by atoms with Crippen LogP contribution in [0.15, 0.2) is 0 Å². The lowest BCUT2D eigenvalue weighted by Gasteiger charge is -2.03. The fraction of sp³-hybridized carbons (Fsp3) is 0.667. The zero-order chi connectivity index (χ0) is 13.2. The van der Waals surface area contributed by atoms with E-state index >= 15 is 0 Å². The molecule has 0 bridgehead atoms. The summed E-state index contributed by atoms with van der Waals surface area (Å²) in [5.74, 6) is 1.17. The molecule has 6 nitrogen and oxygen atoms in total. The Bertz CT molecular complexity index is 586. The molecule has 0 atom stereocenters. The minimum Gasteiger partial charge on any atom is -0.466 e. The fourth-order valence-electron chi connectivity index (χ4n) is 2.52. The lowest BCUT2D eigenvalue weighted by atomic mass is 10.1. The molecular weight excluding hydrogens is 264 g/mol. The normalized spacial score (nSPS) is 16.3. The van der Waals surface area contributed by atoms with Crippen molar-refractivity contribution < 1.29 is 9.53 Å². The number of fused-ring (bicyclic) bond motifs is 1. The first kappa shape index (κ1) is 12.5. The summed E-state index contributed by atoms with van der Waals surface area (Å²) in [6, 6.07) is 0. The third-order valence-corrected chi connectivity index (χ3v) is 4.28. The van der Waals surface area contributed by atoms with Gasteiger partial charge in [-0.15, -0.1) is 10.2 Å². The molecule has 0 spiro atoms. The van der Waals surface area contributed by atoms with E-state index in [4.69, 9.17) is 4.74 Å². The highest BCUT2D eigenvalue weighted by atomic mass is 32.1. The largest absolute Gasteiger partial charge is 0.466 e. The van der Waals surface area contributed by atoms with E-state index in [1.54, 1.807) is 11.4 Å². The smallest absolute Gasteiger partial charge is 0.312 e. The first-order chi connectivity index (χ1) is 9.28. The van der Waals surface area contributed by atoms with Crippen LogP contribution in [0, 0.1) is 0 Å². The highest BCUT2D eigenvalue weighted by Gasteiger charge is 2.24. The second kappa shape index (κ2) is 5.24. The van der Waals surface area contributed by atoms with Crippen molar-refractivity contribution in [2.75, 3.05) is 6.61 Å². The minimum atomic E-state index is -0.241. The van der Waals surface area contributed by atoms with Crippen molar-refractivity contribution in [2.24, 2.45) is 0 Å². The number of aromatic nitrogens is 4. The zero-order valence-corrected chi connectivity index (χ0v) is 11.7. The molecule has 0 N–H and O–H groups in total. The van der Waals surface area contributed by atoms with Gasteiger partial charge in [-0.2, -0.15) is 9.61 Å². The predicted octanol–water partition coefficient (Wildman–Crippen LogP) is 1.95. The molecular formula is C12H16N4O2S. The molecule has 0 unspecified atom stereocenters. The number of esters is 1. The van der Waals surface area contributed by atoms with E-state index in [1.807, 2.05) is 0 Å². The molecule has 1 fully saturated rings. The highest BCUT2D eigenvalue weighted by Crippen LogP contribution is 2.33. The number of carbonyl (C=O) groups is 1. The quantitative estimate of drug-likeness (QED) is 0.801. The second-order valence-electron chi connectivity index (χ2n) is 4.71. The second-order valence-corrected chi connectivity index (χ2v) is 5.75. The van der Waals surface area contributed by atoms with Crippen LogP contribution in [0.1, 0.15) is 49.4 Å². The number of hydrogen-bond acceptors (Lipinski definition) is 6. The van der Waals surface area contributed by atoms with Crippen molar-refractivity contribution in [2.45, 2.75) is 44.9 Å². The lowest BCUT2D eigenvalue weighted by molar-refractivity contribution is -0.142. The standard InChI is InChI=1S/C12H16N4O2S/c1-2-18-10(17)7-9-15-16-11(8-5-3-4-6-8)13-14-12(16)19-9/h8H,2-7H2,1H3. The Labute approximate surface area is 114 Å². The van der Waals surface area contributed by atoms with Crippen LogP contribution in [0.4, 0.5) is 0 Å². The maximum absolute atomic E-state index is 11.5. The maximum Gasteiger partial charge on any atom is 0.312 e. The molecule has 2 aromatic heterocycles. The number of ether oxygens (including phenoxy) is 1. The van der Waals surface area contributed by atoms with Crippen molar-refractivity contribution in [3.05, 3.63) is 10.8 Å².